The Bertz CT molecular complexity index is 705. The lowest BCUT2D eigenvalue weighted by molar-refractivity contribution is -0.147. The first-order chi connectivity index (χ1) is 11.8. The van der Waals surface area contributed by atoms with Crippen LogP contribution in [-0.2, 0) is 9.53 Å². The molecule has 1 saturated heterocycles. The van der Waals surface area contributed by atoms with Crippen molar-refractivity contribution < 1.29 is 14.3 Å². The summed E-state index contributed by atoms with van der Waals surface area (Å²) in [5.74, 6) is 1.80. The minimum Gasteiger partial charge on any atom is -0.469 e. The van der Waals surface area contributed by atoms with Crippen LogP contribution in [0.25, 0.3) is 0 Å². The highest BCUT2D eigenvalue weighted by Crippen LogP contribution is 2.46. The molecule has 1 fully saturated rings. The standard InChI is InChI=1S/C20H21NO3/c1-23-20(22)14-10-12-21(13-11-14)19-15-6-2-4-8-17(15)24-18-9-5-3-7-16(18)19/h2-9,14,19H,10-13H2,1H3. The van der Waals surface area contributed by atoms with E-state index in [4.69, 9.17) is 9.47 Å². The van der Waals surface area contributed by atoms with Crippen LogP contribution in [0.4, 0.5) is 0 Å². The van der Waals surface area contributed by atoms with Gasteiger partial charge in [-0.25, -0.2) is 0 Å². The minimum absolute atomic E-state index is 0.0246. The third-order valence-corrected chi connectivity index (χ3v) is 5.08. The lowest BCUT2D eigenvalue weighted by atomic mass is 9.89. The normalized spacial score (nSPS) is 18.4. The predicted molar refractivity (Wildman–Crippen MR) is 91.1 cm³/mol. The maximum absolute atomic E-state index is 11.8. The molecule has 124 valence electrons. The molecule has 0 aromatic heterocycles. The summed E-state index contributed by atoms with van der Waals surface area (Å²) in [6.07, 6.45) is 1.68. The Morgan fingerprint density at radius 3 is 2.08 bits per heavy atom. The lowest BCUT2D eigenvalue weighted by Gasteiger charge is -2.40. The fourth-order valence-corrected chi connectivity index (χ4v) is 3.84. The van der Waals surface area contributed by atoms with Crippen molar-refractivity contribution in [2.45, 2.75) is 18.9 Å². The van der Waals surface area contributed by atoms with Crippen LogP contribution in [0.2, 0.25) is 0 Å². The summed E-state index contributed by atoms with van der Waals surface area (Å²) in [4.78, 5) is 14.2. The van der Waals surface area contributed by atoms with Crippen molar-refractivity contribution in [3.8, 4) is 11.5 Å². The van der Waals surface area contributed by atoms with Crippen LogP contribution in [0.3, 0.4) is 0 Å². The van der Waals surface area contributed by atoms with Gasteiger partial charge in [0, 0.05) is 11.1 Å². The Kier molecular flexibility index (Phi) is 3.98. The number of hydrogen-bond donors (Lipinski definition) is 0. The topological polar surface area (TPSA) is 38.8 Å². The van der Waals surface area contributed by atoms with Crippen molar-refractivity contribution in [1.82, 2.24) is 4.90 Å². The second-order valence-electron chi connectivity index (χ2n) is 6.41. The van der Waals surface area contributed by atoms with Gasteiger partial charge in [-0.2, -0.15) is 0 Å². The molecule has 4 heteroatoms. The molecule has 0 unspecified atom stereocenters. The van der Waals surface area contributed by atoms with Gasteiger partial charge in [0.15, 0.2) is 0 Å². The van der Waals surface area contributed by atoms with Gasteiger partial charge in [0.05, 0.1) is 19.1 Å². The molecule has 2 aliphatic heterocycles. The molecule has 2 aromatic carbocycles. The highest BCUT2D eigenvalue weighted by molar-refractivity contribution is 5.72. The van der Waals surface area contributed by atoms with Crippen LogP contribution in [-0.4, -0.2) is 31.1 Å². The van der Waals surface area contributed by atoms with Crippen molar-refractivity contribution in [3.05, 3.63) is 59.7 Å². The number of nitrogens with zero attached hydrogens (tertiary/aromatic N) is 1. The average molecular weight is 323 g/mol. The number of piperidine rings is 1. The van der Waals surface area contributed by atoms with Gasteiger partial charge < -0.3 is 9.47 Å². The van der Waals surface area contributed by atoms with Crippen LogP contribution in [0.15, 0.2) is 48.5 Å². The van der Waals surface area contributed by atoms with E-state index >= 15 is 0 Å². The molecule has 0 saturated carbocycles. The summed E-state index contributed by atoms with van der Waals surface area (Å²) in [5.41, 5.74) is 2.40. The largest absolute Gasteiger partial charge is 0.469 e. The van der Waals surface area contributed by atoms with Crippen molar-refractivity contribution in [2.75, 3.05) is 20.2 Å². The van der Waals surface area contributed by atoms with Gasteiger partial charge in [-0.15, -0.1) is 0 Å². The number of para-hydroxylation sites is 2. The van der Waals surface area contributed by atoms with Gasteiger partial charge in [0.1, 0.15) is 11.5 Å². The number of methoxy groups -OCH3 is 1. The molecule has 0 spiro atoms. The third kappa shape index (κ3) is 2.57. The van der Waals surface area contributed by atoms with Crippen LogP contribution in [0.5, 0.6) is 11.5 Å². The second kappa shape index (κ2) is 6.29. The van der Waals surface area contributed by atoms with E-state index in [0.717, 1.165) is 37.4 Å². The number of carbonyl (C=O) groups is 1. The van der Waals surface area contributed by atoms with Crippen molar-refractivity contribution >= 4 is 5.97 Å². The average Bonchev–Trinajstić information content (AvgIpc) is 2.65. The van der Waals surface area contributed by atoms with E-state index in [1.165, 1.54) is 18.2 Å². The first-order valence-electron chi connectivity index (χ1n) is 8.45. The zero-order chi connectivity index (χ0) is 16.5. The number of carbonyl (C=O) groups excluding carboxylic acids is 1. The molecule has 2 aromatic rings. The van der Waals surface area contributed by atoms with Gasteiger partial charge in [-0.3, -0.25) is 9.69 Å². The predicted octanol–water partition coefficient (Wildman–Crippen LogP) is 3.77. The fourth-order valence-electron chi connectivity index (χ4n) is 3.84. The van der Waals surface area contributed by atoms with Crippen molar-refractivity contribution in [1.29, 1.82) is 0 Å². The number of ether oxygens (including phenoxy) is 2. The molecule has 0 amide bonds. The second-order valence-corrected chi connectivity index (χ2v) is 6.41. The van der Waals surface area contributed by atoms with Gasteiger partial charge in [-0.05, 0) is 38.1 Å². The number of likely N-dealkylation sites (tertiary alicyclic amines) is 1. The Labute approximate surface area is 142 Å². The smallest absolute Gasteiger partial charge is 0.308 e. The van der Waals surface area contributed by atoms with E-state index in [-0.39, 0.29) is 17.9 Å². The third-order valence-electron chi connectivity index (χ3n) is 5.08. The molecule has 0 bridgehead atoms. The van der Waals surface area contributed by atoms with E-state index in [2.05, 4.69) is 29.2 Å². The monoisotopic (exact) mass is 323 g/mol. The molecular weight excluding hydrogens is 302 g/mol. The molecule has 0 aliphatic carbocycles. The minimum atomic E-state index is -0.0811. The number of hydrogen-bond acceptors (Lipinski definition) is 4. The van der Waals surface area contributed by atoms with Crippen LogP contribution in [0, 0.1) is 5.92 Å². The van der Waals surface area contributed by atoms with E-state index in [1.54, 1.807) is 0 Å². The number of esters is 1. The molecule has 2 aliphatic rings. The maximum Gasteiger partial charge on any atom is 0.308 e. The van der Waals surface area contributed by atoms with Crippen molar-refractivity contribution in [2.24, 2.45) is 5.92 Å². The maximum atomic E-state index is 11.8. The quantitative estimate of drug-likeness (QED) is 0.789. The Hall–Kier alpha value is -2.33. The Morgan fingerprint density at radius 1 is 1.00 bits per heavy atom. The molecule has 0 radical (unpaired) electrons. The van der Waals surface area contributed by atoms with Crippen LogP contribution in [0.1, 0.15) is 30.0 Å². The number of fused-ring (bicyclic) bond motifs is 2. The zero-order valence-corrected chi connectivity index (χ0v) is 13.8. The highest BCUT2D eigenvalue weighted by atomic mass is 16.5. The summed E-state index contributed by atoms with van der Waals surface area (Å²) in [5, 5.41) is 0. The number of rotatable bonds is 2. The van der Waals surface area contributed by atoms with Gasteiger partial charge in [0.25, 0.3) is 0 Å². The van der Waals surface area contributed by atoms with Crippen LogP contribution < -0.4 is 4.74 Å². The van der Waals surface area contributed by atoms with E-state index in [9.17, 15) is 4.79 Å². The lowest BCUT2D eigenvalue weighted by Crippen LogP contribution is -2.40. The molecular formula is C20H21NO3. The summed E-state index contributed by atoms with van der Waals surface area (Å²) in [6.45, 7) is 1.76. The molecule has 0 atom stereocenters. The summed E-state index contributed by atoms with van der Waals surface area (Å²) >= 11 is 0. The highest BCUT2D eigenvalue weighted by Gasteiger charge is 2.35. The van der Waals surface area contributed by atoms with E-state index in [0.29, 0.717) is 0 Å². The van der Waals surface area contributed by atoms with Crippen LogP contribution >= 0.6 is 0 Å². The van der Waals surface area contributed by atoms with Gasteiger partial charge in [-0.1, -0.05) is 36.4 Å². The van der Waals surface area contributed by atoms with Gasteiger partial charge >= 0.3 is 5.97 Å². The molecule has 4 nitrogen and oxygen atoms in total. The van der Waals surface area contributed by atoms with Gasteiger partial charge in [0.2, 0.25) is 0 Å². The fraction of sp³-hybridized carbons (Fsp3) is 0.350. The molecule has 2 heterocycles. The zero-order valence-electron chi connectivity index (χ0n) is 13.8. The Balaban J connectivity index is 1.65. The summed E-state index contributed by atoms with van der Waals surface area (Å²) in [7, 11) is 1.47. The summed E-state index contributed by atoms with van der Waals surface area (Å²) in [6, 6.07) is 16.7. The number of benzene rings is 2. The molecule has 24 heavy (non-hydrogen) atoms. The Morgan fingerprint density at radius 2 is 1.54 bits per heavy atom. The molecule has 4 rings (SSSR count). The first-order valence-corrected chi connectivity index (χ1v) is 8.45. The van der Waals surface area contributed by atoms with Crippen molar-refractivity contribution in [3.63, 3.8) is 0 Å². The van der Waals surface area contributed by atoms with E-state index < -0.39 is 0 Å². The SMILES string of the molecule is COC(=O)C1CCN(C2c3ccccc3Oc3ccccc32)CC1. The van der Waals surface area contributed by atoms with E-state index in [1.807, 2.05) is 24.3 Å². The summed E-state index contributed by atoms with van der Waals surface area (Å²) < 4.78 is 11.0. The molecule has 0 N–H and O–H groups in total. The first kappa shape index (κ1) is 15.2.